The molecule has 1 amide bonds. The molecule has 0 aliphatic rings. The third-order valence-electron chi connectivity index (χ3n) is 2.52. The van der Waals surface area contributed by atoms with Crippen molar-refractivity contribution < 1.29 is 9.53 Å². The molecule has 3 N–H and O–H groups in total. The van der Waals surface area contributed by atoms with Gasteiger partial charge in [0.1, 0.15) is 5.69 Å². The van der Waals surface area contributed by atoms with Crippen molar-refractivity contribution in [1.29, 1.82) is 0 Å². The Morgan fingerprint density at radius 3 is 2.83 bits per heavy atom. The summed E-state index contributed by atoms with van der Waals surface area (Å²) >= 11 is 0. The van der Waals surface area contributed by atoms with Gasteiger partial charge >= 0.3 is 0 Å². The fourth-order valence-electron chi connectivity index (χ4n) is 1.40. The van der Waals surface area contributed by atoms with Gasteiger partial charge in [0.15, 0.2) is 0 Å². The number of hydrogen-bond donors (Lipinski definition) is 3. The van der Waals surface area contributed by atoms with Crippen LogP contribution < -0.4 is 10.6 Å². The molecule has 1 aromatic heterocycles. The minimum Gasteiger partial charge on any atom is -0.383 e. The highest BCUT2D eigenvalue weighted by molar-refractivity contribution is 5.92. The molecule has 1 heterocycles. The molecule has 1 aromatic rings. The summed E-state index contributed by atoms with van der Waals surface area (Å²) in [5.41, 5.74) is 1.41. The Hall–Kier alpha value is -1.40. The van der Waals surface area contributed by atoms with Gasteiger partial charge < -0.3 is 15.4 Å². The lowest BCUT2D eigenvalue weighted by atomic mass is 10.1. The number of nitrogens with zero attached hydrogens (tertiary/aromatic N) is 1. The monoisotopic (exact) mass is 254 g/mol. The van der Waals surface area contributed by atoms with Gasteiger partial charge in [0.25, 0.3) is 5.91 Å². The Kier molecular flexibility index (Phi) is 6.38. The molecule has 0 aliphatic heterocycles. The second kappa shape index (κ2) is 7.84. The second-order valence-electron chi connectivity index (χ2n) is 4.36. The summed E-state index contributed by atoms with van der Waals surface area (Å²) < 4.78 is 4.90. The van der Waals surface area contributed by atoms with E-state index in [2.05, 4.69) is 34.7 Å². The van der Waals surface area contributed by atoms with E-state index >= 15 is 0 Å². The quantitative estimate of drug-likeness (QED) is 0.590. The van der Waals surface area contributed by atoms with Gasteiger partial charge in [-0.3, -0.25) is 9.89 Å². The van der Waals surface area contributed by atoms with Crippen molar-refractivity contribution in [1.82, 2.24) is 20.8 Å². The van der Waals surface area contributed by atoms with Crippen molar-refractivity contribution >= 4 is 5.91 Å². The third kappa shape index (κ3) is 4.85. The first-order valence-corrected chi connectivity index (χ1v) is 6.18. The number of carbonyl (C=O) groups excluding carboxylic acids is 1. The zero-order chi connectivity index (χ0) is 13.4. The van der Waals surface area contributed by atoms with Crippen molar-refractivity contribution in [3.63, 3.8) is 0 Å². The number of aromatic amines is 1. The SMILES string of the molecule is COCCNCCNC(=O)c1cc(C(C)C)[nH]n1. The van der Waals surface area contributed by atoms with Crippen LogP contribution in [0.4, 0.5) is 0 Å². The molecule has 6 nitrogen and oxygen atoms in total. The molecule has 0 saturated carbocycles. The van der Waals surface area contributed by atoms with E-state index < -0.39 is 0 Å². The number of carbonyl (C=O) groups is 1. The van der Waals surface area contributed by atoms with Crippen LogP contribution in [0, 0.1) is 0 Å². The molecule has 0 atom stereocenters. The van der Waals surface area contributed by atoms with Crippen LogP contribution >= 0.6 is 0 Å². The summed E-state index contributed by atoms with van der Waals surface area (Å²) in [5.74, 6) is 0.196. The maximum Gasteiger partial charge on any atom is 0.271 e. The number of methoxy groups -OCH3 is 1. The van der Waals surface area contributed by atoms with Crippen LogP contribution in [-0.4, -0.2) is 49.5 Å². The normalized spacial score (nSPS) is 10.9. The predicted octanol–water partition coefficient (Wildman–Crippen LogP) is 0.499. The number of H-pyrrole nitrogens is 1. The first-order valence-electron chi connectivity index (χ1n) is 6.18. The summed E-state index contributed by atoms with van der Waals surface area (Å²) in [6.07, 6.45) is 0. The first kappa shape index (κ1) is 14.7. The van der Waals surface area contributed by atoms with Gasteiger partial charge in [-0.15, -0.1) is 0 Å². The summed E-state index contributed by atoms with van der Waals surface area (Å²) in [6, 6.07) is 1.79. The van der Waals surface area contributed by atoms with Crippen molar-refractivity contribution in [3.8, 4) is 0 Å². The Morgan fingerprint density at radius 1 is 1.44 bits per heavy atom. The molecule has 0 fully saturated rings. The van der Waals surface area contributed by atoms with Gasteiger partial charge in [-0.1, -0.05) is 13.8 Å². The standard InChI is InChI=1S/C12H22N4O2/c1-9(2)10-8-11(16-15-10)12(17)14-5-4-13-6-7-18-3/h8-9,13H,4-7H2,1-3H3,(H,14,17)(H,15,16). The predicted molar refractivity (Wildman–Crippen MR) is 69.8 cm³/mol. The molecule has 18 heavy (non-hydrogen) atoms. The molecule has 0 saturated heterocycles. The maximum atomic E-state index is 11.7. The van der Waals surface area contributed by atoms with E-state index in [-0.39, 0.29) is 5.91 Å². The summed E-state index contributed by atoms with van der Waals surface area (Å²) in [6.45, 7) is 6.85. The Balaban J connectivity index is 2.23. The lowest BCUT2D eigenvalue weighted by Gasteiger charge is -2.04. The lowest BCUT2D eigenvalue weighted by molar-refractivity contribution is 0.0948. The molecule has 0 bridgehead atoms. The Morgan fingerprint density at radius 2 is 2.22 bits per heavy atom. The van der Waals surface area contributed by atoms with Gasteiger partial charge in [0.2, 0.25) is 0 Å². The molecular formula is C12H22N4O2. The van der Waals surface area contributed by atoms with E-state index in [0.717, 1.165) is 18.8 Å². The van der Waals surface area contributed by atoms with Gasteiger partial charge in [-0.2, -0.15) is 5.10 Å². The summed E-state index contributed by atoms with van der Waals surface area (Å²) in [7, 11) is 1.66. The van der Waals surface area contributed by atoms with E-state index in [9.17, 15) is 4.79 Å². The molecule has 0 aromatic carbocycles. The van der Waals surface area contributed by atoms with Crippen LogP contribution in [0.1, 0.15) is 35.9 Å². The molecule has 0 unspecified atom stereocenters. The molecule has 0 spiro atoms. The van der Waals surface area contributed by atoms with Gasteiger partial charge in [0, 0.05) is 32.4 Å². The fraction of sp³-hybridized carbons (Fsp3) is 0.667. The largest absolute Gasteiger partial charge is 0.383 e. The molecule has 6 heteroatoms. The molecule has 102 valence electrons. The smallest absolute Gasteiger partial charge is 0.271 e. The molecule has 0 radical (unpaired) electrons. The van der Waals surface area contributed by atoms with Crippen LogP contribution in [0.15, 0.2) is 6.07 Å². The van der Waals surface area contributed by atoms with E-state index in [1.54, 1.807) is 13.2 Å². The van der Waals surface area contributed by atoms with E-state index in [1.165, 1.54) is 0 Å². The van der Waals surface area contributed by atoms with Crippen molar-refractivity contribution in [2.75, 3.05) is 33.4 Å². The van der Waals surface area contributed by atoms with E-state index in [4.69, 9.17) is 4.74 Å². The zero-order valence-electron chi connectivity index (χ0n) is 11.2. The minimum absolute atomic E-state index is 0.147. The van der Waals surface area contributed by atoms with Crippen LogP contribution in [0.2, 0.25) is 0 Å². The van der Waals surface area contributed by atoms with E-state index in [0.29, 0.717) is 24.8 Å². The average Bonchev–Trinajstić information content (AvgIpc) is 2.83. The van der Waals surface area contributed by atoms with Gasteiger partial charge in [-0.05, 0) is 12.0 Å². The number of nitrogens with one attached hydrogen (secondary N) is 3. The number of amides is 1. The Labute approximate surface area is 107 Å². The molecule has 1 rings (SSSR count). The highest BCUT2D eigenvalue weighted by Gasteiger charge is 2.11. The minimum atomic E-state index is -0.147. The third-order valence-corrected chi connectivity index (χ3v) is 2.52. The topological polar surface area (TPSA) is 79.0 Å². The maximum absolute atomic E-state index is 11.7. The number of rotatable bonds is 8. The van der Waals surface area contributed by atoms with Crippen molar-refractivity contribution in [3.05, 3.63) is 17.5 Å². The van der Waals surface area contributed by atoms with E-state index in [1.807, 2.05) is 0 Å². The number of ether oxygens (including phenoxy) is 1. The van der Waals surface area contributed by atoms with Gasteiger partial charge in [0.05, 0.1) is 6.61 Å². The average molecular weight is 254 g/mol. The van der Waals surface area contributed by atoms with Crippen molar-refractivity contribution in [2.24, 2.45) is 0 Å². The van der Waals surface area contributed by atoms with Crippen LogP contribution in [0.25, 0.3) is 0 Å². The summed E-state index contributed by atoms with van der Waals surface area (Å²) in [4.78, 5) is 11.7. The highest BCUT2D eigenvalue weighted by Crippen LogP contribution is 2.11. The lowest BCUT2D eigenvalue weighted by Crippen LogP contribution is -2.33. The van der Waals surface area contributed by atoms with Crippen LogP contribution in [0.3, 0.4) is 0 Å². The van der Waals surface area contributed by atoms with Crippen molar-refractivity contribution in [2.45, 2.75) is 19.8 Å². The van der Waals surface area contributed by atoms with Crippen LogP contribution in [0.5, 0.6) is 0 Å². The van der Waals surface area contributed by atoms with Gasteiger partial charge in [-0.25, -0.2) is 0 Å². The number of hydrogen-bond acceptors (Lipinski definition) is 4. The fourth-order valence-corrected chi connectivity index (χ4v) is 1.40. The Bertz CT molecular complexity index is 363. The highest BCUT2D eigenvalue weighted by atomic mass is 16.5. The molecular weight excluding hydrogens is 232 g/mol. The first-order chi connectivity index (χ1) is 8.65. The summed E-state index contributed by atoms with van der Waals surface area (Å²) in [5, 5.41) is 12.8. The zero-order valence-corrected chi connectivity index (χ0v) is 11.2. The second-order valence-corrected chi connectivity index (χ2v) is 4.36. The number of aromatic nitrogens is 2. The van der Waals surface area contributed by atoms with Crippen LogP contribution in [-0.2, 0) is 4.74 Å². The molecule has 0 aliphatic carbocycles.